The predicted octanol–water partition coefficient (Wildman–Crippen LogP) is 3.05. The van der Waals surface area contributed by atoms with E-state index < -0.39 is 20.2 Å². The molecule has 0 aliphatic carbocycles. The summed E-state index contributed by atoms with van der Waals surface area (Å²) in [6.45, 7) is 5.32. The van der Waals surface area contributed by atoms with Crippen LogP contribution in [0.15, 0.2) is 60.8 Å². The number of nitrogens with one attached hydrogen (secondary N) is 1. The molecule has 0 spiro atoms. The Morgan fingerprint density at radius 2 is 1.85 bits per heavy atom. The van der Waals surface area contributed by atoms with Crippen LogP contribution in [0.25, 0.3) is 10.9 Å². The van der Waals surface area contributed by atoms with Gasteiger partial charge in [0.2, 0.25) is 4.75 Å². The molecule has 1 aromatic heterocycles. The Hall–Kier alpha value is -2.68. The van der Waals surface area contributed by atoms with Crippen LogP contribution in [-0.4, -0.2) is 67.5 Å². The fourth-order valence-electron chi connectivity index (χ4n) is 5.11. The molecule has 7 nitrogen and oxygen atoms in total. The van der Waals surface area contributed by atoms with Gasteiger partial charge < -0.3 is 19.2 Å². The van der Waals surface area contributed by atoms with E-state index in [0.717, 1.165) is 22.2 Å². The number of fused-ring (bicyclic) bond motifs is 2. The molecule has 3 heterocycles. The number of rotatable bonds is 6. The smallest absolute Gasteiger partial charge is 0.278 e. The van der Waals surface area contributed by atoms with Crippen molar-refractivity contribution in [2.45, 2.75) is 36.4 Å². The Bertz CT molecular complexity index is 1210. The first-order valence-corrected chi connectivity index (χ1v) is 12.8. The van der Waals surface area contributed by atoms with Gasteiger partial charge in [0, 0.05) is 36.7 Å². The molecule has 0 radical (unpaired) electrons. The first kappa shape index (κ1) is 22.1. The largest absolute Gasteiger partial charge is 0.614 e. The predicted molar refractivity (Wildman–Crippen MR) is 128 cm³/mol. The Morgan fingerprint density at radius 1 is 1.12 bits per heavy atom. The van der Waals surface area contributed by atoms with E-state index in [4.69, 9.17) is 4.74 Å². The highest BCUT2D eigenvalue weighted by atomic mass is 32.3. The maximum atomic E-state index is 13.4. The highest BCUT2D eigenvalue weighted by Gasteiger charge is 2.63. The Labute approximate surface area is 195 Å². The molecule has 174 valence electrons. The van der Waals surface area contributed by atoms with E-state index in [-0.39, 0.29) is 11.9 Å². The first-order valence-electron chi connectivity index (χ1n) is 11.3. The van der Waals surface area contributed by atoms with Gasteiger partial charge in [-0.3, -0.25) is 9.69 Å². The molecular formula is C25H29N3O4S. The summed E-state index contributed by atoms with van der Waals surface area (Å²) < 4.78 is 31.2. The minimum absolute atomic E-state index is 0.317. The first-order chi connectivity index (χ1) is 15.8. The number of nitrogens with zero attached hydrogens (tertiary/aromatic N) is 2. The van der Waals surface area contributed by atoms with Gasteiger partial charge >= 0.3 is 0 Å². The standard InChI is InChI=1S/C25H29N3O4S/c1-25(2)24(29)28(12-13-32-19-8-4-3-5-9-19)22-16-27(17-23(22)33(25,30)31)15-18-14-26-21-11-7-6-10-20(18)21/h3-11,14,22-23,26H,12-13,15-17H2,1-2H3/t22-,23+/m0/s1. The van der Waals surface area contributed by atoms with Crippen LogP contribution in [0.3, 0.4) is 0 Å². The van der Waals surface area contributed by atoms with Gasteiger partial charge in [-0.1, -0.05) is 36.4 Å². The van der Waals surface area contributed by atoms with Crippen LogP contribution in [0.4, 0.5) is 0 Å². The normalized spacial score (nSPS) is 27.1. The van der Waals surface area contributed by atoms with Crippen molar-refractivity contribution in [2.24, 2.45) is 0 Å². The maximum Gasteiger partial charge on any atom is 0.278 e. The van der Waals surface area contributed by atoms with Crippen molar-refractivity contribution in [3.63, 3.8) is 0 Å². The average molecular weight is 468 g/mol. The number of ether oxygens (including phenoxy) is 1. The molecule has 3 atom stereocenters. The maximum absolute atomic E-state index is 13.4. The van der Waals surface area contributed by atoms with Crippen molar-refractivity contribution in [3.8, 4) is 5.75 Å². The summed E-state index contributed by atoms with van der Waals surface area (Å²) in [5.41, 5.74) is 2.19. The molecule has 0 saturated carbocycles. The fourth-order valence-corrected chi connectivity index (χ4v) is 7.28. The monoisotopic (exact) mass is 467 g/mol. The number of sulfone groups is 1. The van der Waals surface area contributed by atoms with Crippen LogP contribution in [0.5, 0.6) is 5.75 Å². The van der Waals surface area contributed by atoms with Crippen LogP contribution in [0.1, 0.15) is 19.4 Å². The Morgan fingerprint density at radius 3 is 2.64 bits per heavy atom. The van der Waals surface area contributed by atoms with Gasteiger partial charge in [0.05, 0.1) is 22.8 Å². The second-order valence-electron chi connectivity index (χ2n) is 9.37. The van der Waals surface area contributed by atoms with Gasteiger partial charge in [-0.2, -0.15) is 0 Å². The highest BCUT2D eigenvalue weighted by molar-refractivity contribution is 8.00. The zero-order valence-corrected chi connectivity index (χ0v) is 19.7. The molecule has 1 N–H and O–H groups in total. The molecule has 2 aliphatic heterocycles. The zero-order valence-electron chi connectivity index (χ0n) is 18.9. The number of benzene rings is 2. The molecule has 3 aromatic rings. The lowest BCUT2D eigenvalue weighted by Gasteiger charge is -2.46. The van der Waals surface area contributed by atoms with E-state index in [1.165, 1.54) is 13.8 Å². The van der Waals surface area contributed by atoms with Gasteiger partial charge in [0.1, 0.15) is 12.4 Å². The molecule has 2 saturated heterocycles. The number of carbonyl (C=O) groups excluding carboxylic acids is 1. The van der Waals surface area contributed by atoms with Crippen LogP contribution < -0.4 is 4.74 Å². The van der Waals surface area contributed by atoms with Gasteiger partial charge in [0.15, 0.2) is 5.25 Å². The third-order valence-electron chi connectivity index (χ3n) is 7.01. The lowest BCUT2D eigenvalue weighted by Crippen LogP contribution is -2.68. The molecular weight excluding hydrogens is 438 g/mol. The second-order valence-corrected chi connectivity index (χ2v) is 12.1. The van der Waals surface area contributed by atoms with Crippen LogP contribution in [0.2, 0.25) is 0 Å². The number of amides is 1. The summed E-state index contributed by atoms with van der Waals surface area (Å²) >= 11 is 0. The number of aromatic amines is 1. The summed E-state index contributed by atoms with van der Waals surface area (Å²) in [4.78, 5) is 20.5. The van der Waals surface area contributed by atoms with Crippen molar-refractivity contribution < 1.29 is 18.3 Å². The van der Waals surface area contributed by atoms with Crippen molar-refractivity contribution in [2.75, 3.05) is 26.2 Å². The Balaban J connectivity index is 1.36. The summed E-state index contributed by atoms with van der Waals surface area (Å²) in [6, 6.07) is 17.2. The van der Waals surface area contributed by atoms with E-state index in [1.54, 1.807) is 4.90 Å². The third-order valence-corrected chi connectivity index (χ3v) is 9.87. The number of likely N-dealkylation sites (tertiary alicyclic amines) is 1. The number of carbonyl (C=O) groups is 1. The van der Waals surface area contributed by atoms with Crippen molar-refractivity contribution >= 4 is 27.0 Å². The molecule has 1 unspecified atom stereocenters. The van der Waals surface area contributed by atoms with Crippen LogP contribution in [-0.2, 0) is 25.8 Å². The van der Waals surface area contributed by atoms with E-state index in [9.17, 15) is 13.6 Å². The van der Waals surface area contributed by atoms with E-state index >= 15 is 0 Å². The molecule has 2 aliphatic rings. The lowest BCUT2D eigenvalue weighted by molar-refractivity contribution is -0.137. The zero-order chi connectivity index (χ0) is 23.2. The van der Waals surface area contributed by atoms with Gasteiger partial charge in [-0.25, -0.2) is 0 Å². The topological polar surface area (TPSA) is 88.7 Å². The number of para-hydroxylation sites is 2. The molecule has 2 fully saturated rings. The minimum atomic E-state index is -3.63. The molecule has 33 heavy (non-hydrogen) atoms. The minimum Gasteiger partial charge on any atom is -0.614 e. The van der Waals surface area contributed by atoms with Crippen molar-refractivity contribution in [3.05, 3.63) is 66.4 Å². The quantitative estimate of drug-likeness (QED) is 0.563. The van der Waals surface area contributed by atoms with Gasteiger partial charge in [-0.05, 0) is 37.6 Å². The summed E-state index contributed by atoms with van der Waals surface area (Å²) in [5, 5.41) is 0.534. The van der Waals surface area contributed by atoms with Crippen molar-refractivity contribution in [1.29, 1.82) is 0 Å². The average Bonchev–Trinajstić information content (AvgIpc) is 3.41. The molecule has 0 bridgehead atoms. The van der Waals surface area contributed by atoms with Gasteiger partial charge in [0.25, 0.3) is 5.91 Å². The van der Waals surface area contributed by atoms with Crippen molar-refractivity contribution in [1.82, 2.24) is 14.8 Å². The SMILES string of the molecule is CC1(C)C(=O)N(CCOc2ccccc2)[C@H]2CN(Cc3c[nH]c4ccccc34)C[C@H]2[S+]1(=O)[O-]. The molecule has 2 aromatic carbocycles. The van der Waals surface area contributed by atoms with E-state index in [2.05, 4.69) is 16.0 Å². The Kier molecular flexibility index (Phi) is 5.55. The lowest BCUT2D eigenvalue weighted by atomic mass is 10.1. The number of hydrogen-bond acceptors (Lipinski definition) is 5. The van der Waals surface area contributed by atoms with Crippen LogP contribution in [0, 0.1) is 0 Å². The fraction of sp³-hybridized carbons (Fsp3) is 0.400. The van der Waals surface area contributed by atoms with Crippen LogP contribution >= 0.6 is 0 Å². The molecule has 8 heteroatoms. The van der Waals surface area contributed by atoms with E-state index in [0.29, 0.717) is 32.8 Å². The number of H-pyrrole nitrogens is 1. The molecule has 5 rings (SSSR count). The van der Waals surface area contributed by atoms with E-state index in [1.807, 2.05) is 54.7 Å². The summed E-state index contributed by atoms with van der Waals surface area (Å²) in [5.74, 6) is 0.395. The number of aromatic nitrogens is 1. The third kappa shape index (κ3) is 3.76. The highest BCUT2D eigenvalue weighted by Crippen LogP contribution is 2.41. The van der Waals surface area contributed by atoms with Gasteiger partial charge in [-0.15, -0.1) is 4.21 Å². The number of hydrogen-bond donors (Lipinski definition) is 1. The summed E-state index contributed by atoms with van der Waals surface area (Å²) in [7, 11) is -3.63. The summed E-state index contributed by atoms with van der Waals surface area (Å²) in [6.07, 6.45) is 1.99. The second kappa shape index (κ2) is 8.27. The molecule has 1 amide bonds.